The Morgan fingerprint density at radius 2 is 1.74 bits per heavy atom. The molecule has 116 valence electrons. The predicted octanol–water partition coefficient (Wildman–Crippen LogP) is 4.57. The topological polar surface area (TPSA) is 46.9 Å². The molecule has 0 fully saturated rings. The van der Waals surface area contributed by atoms with Crippen molar-refractivity contribution in [3.63, 3.8) is 0 Å². The van der Waals surface area contributed by atoms with Crippen molar-refractivity contribution in [1.29, 1.82) is 0 Å². The van der Waals surface area contributed by atoms with Gasteiger partial charge < -0.3 is 5.32 Å². The Morgan fingerprint density at radius 3 is 2.35 bits per heavy atom. The standard InChI is InChI=1S/C18H16BrN3O/c1-12-11-18(14-3-7-16(8-4-14)20-13(2)23)22(21-12)17-9-5-15(19)6-10-17/h3-11H,1-2H3,(H,20,23). The molecule has 0 saturated heterocycles. The van der Waals surface area contributed by atoms with Crippen molar-refractivity contribution in [2.24, 2.45) is 0 Å². The summed E-state index contributed by atoms with van der Waals surface area (Å²) in [5, 5.41) is 7.36. The summed E-state index contributed by atoms with van der Waals surface area (Å²) in [5.41, 5.74) is 4.80. The van der Waals surface area contributed by atoms with E-state index in [0.29, 0.717) is 0 Å². The van der Waals surface area contributed by atoms with Crippen LogP contribution in [0.2, 0.25) is 0 Å². The molecule has 0 unspecified atom stereocenters. The summed E-state index contributed by atoms with van der Waals surface area (Å²) < 4.78 is 2.96. The monoisotopic (exact) mass is 369 g/mol. The van der Waals surface area contributed by atoms with E-state index in [0.717, 1.165) is 32.8 Å². The van der Waals surface area contributed by atoms with Gasteiger partial charge in [-0.3, -0.25) is 4.79 Å². The zero-order valence-electron chi connectivity index (χ0n) is 12.9. The largest absolute Gasteiger partial charge is 0.326 e. The fourth-order valence-electron chi connectivity index (χ4n) is 2.41. The maximum Gasteiger partial charge on any atom is 0.221 e. The Bertz CT molecular complexity index is 836. The van der Waals surface area contributed by atoms with Crippen LogP contribution >= 0.6 is 15.9 Å². The Labute approximate surface area is 143 Å². The molecule has 0 saturated carbocycles. The zero-order valence-corrected chi connectivity index (χ0v) is 14.5. The fourth-order valence-corrected chi connectivity index (χ4v) is 2.68. The second-order valence-corrected chi connectivity index (χ2v) is 6.23. The van der Waals surface area contributed by atoms with E-state index < -0.39 is 0 Å². The maximum absolute atomic E-state index is 11.1. The van der Waals surface area contributed by atoms with Gasteiger partial charge in [0.1, 0.15) is 0 Å². The first-order valence-electron chi connectivity index (χ1n) is 7.23. The van der Waals surface area contributed by atoms with Crippen LogP contribution in [0.5, 0.6) is 0 Å². The number of carbonyl (C=O) groups excluding carboxylic acids is 1. The van der Waals surface area contributed by atoms with Gasteiger partial charge >= 0.3 is 0 Å². The Morgan fingerprint density at radius 1 is 1.09 bits per heavy atom. The van der Waals surface area contributed by atoms with E-state index in [1.54, 1.807) is 0 Å². The Kier molecular flexibility index (Phi) is 4.30. The van der Waals surface area contributed by atoms with E-state index in [4.69, 9.17) is 0 Å². The SMILES string of the molecule is CC(=O)Nc1ccc(-c2cc(C)nn2-c2ccc(Br)cc2)cc1. The smallest absolute Gasteiger partial charge is 0.221 e. The molecule has 1 amide bonds. The van der Waals surface area contributed by atoms with Gasteiger partial charge in [0.05, 0.1) is 17.1 Å². The number of rotatable bonds is 3. The highest BCUT2D eigenvalue weighted by Crippen LogP contribution is 2.26. The average Bonchev–Trinajstić information content (AvgIpc) is 2.90. The lowest BCUT2D eigenvalue weighted by Crippen LogP contribution is -2.05. The number of carbonyl (C=O) groups is 1. The van der Waals surface area contributed by atoms with Gasteiger partial charge in [-0.25, -0.2) is 4.68 Å². The van der Waals surface area contributed by atoms with Gasteiger partial charge in [0, 0.05) is 22.6 Å². The molecule has 2 aromatic carbocycles. The van der Waals surface area contributed by atoms with Gasteiger partial charge in [-0.15, -0.1) is 0 Å². The highest BCUT2D eigenvalue weighted by Gasteiger charge is 2.10. The fraction of sp³-hybridized carbons (Fsp3) is 0.111. The molecule has 0 aliphatic rings. The number of hydrogen-bond donors (Lipinski definition) is 1. The van der Waals surface area contributed by atoms with Crippen LogP contribution in [0.4, 0.5) is 5.69 Å². The van der Waals surface area contributed by atoms with E-state index in [9.17, 15) is 4.79 Å². The second-order valence-electron chi connectivity index (χ2n) is 5.32. The summed E-state index contributed by atoms with van der Waals surface area (Å²) in [4.78, 5) is 11.1. The number of anilines is 1. The molecule has 3 rings (SSSR count). The Balaban J connectivity index is 2.00. The third-order valence-corrected chi connectivity index (χ3v) is 3.93. The molecule has 1 N–H and O–H groups in total. The van der Waals surface area contributed by atoms with Gasteiger partial charge in [0.2, 0.25) is 5.91 Å². The van der Waals surface area contributed by atoms with Crippen molar-refractivity contribution in [2.45, 2.75) is 13.8 Å². The molecule has 1 heterocycles. The number of aryl methyl sites for hydroxylation is 1. The molecule has 4 nitrogen and oxygen atoms in total. The molecular weight excluding hydrogens is 354 g/mol. The second kappa shape index (κ2) is 6.38. The van der Waals surface area contributed by atoms with Crippen LogP contribution in [0.1, 0.15) is 12.6 Å². The third-order valence-electron chi connectivity index (χ3n) is 3.40. The van der Waals surface area contributed by atoms with Gasteiger partial charge in [-0.05, 0) is 49.4 Å². The lowest BCUT2D eigenvalue weighted by atomic mass is 10.1. The van der Waals surface area contributed by atoms with E-state index in [1.807, 2.05) is 60.1 Å². The summed E-state index contributed by atoms with van der Waals surface area (Å²) in [6.07, 6.45) is 0. The van der Waals surface area contributed by atoms with Gasteiger partial charge in [-0.2, -0.15) is 5.10 Å². The number of nitrogens with one attached hydrogen (secondary N) is 1. The number of aromatic nitrogens is 2. The first kappa shape index (κ1) is 15.5. The van der Waals surface area contributed by atoms with Gasteiger partial charge in [0.15, 0.2) is 0 Å². The predicted molar refractivity (Wildman–Crippen MR) is 95.7 cm³/mol. The van der Waals surface area contributed by atoms with Crippen LogP contribution < -0.4 is 5.32 Å². The summed E-state index contributed by atoms with van der Waals surface area (Å²) in [5.74, 6) is -0.0755. The van der Waals surface area contributed by atoms with Crippen LogP contribution in [0, 0.1) is 6.92 Å². The highest BCUT2D eigenvalue weighted by molar-refractivity contribution is 9.10. The number of benzene rings is 2. The molecule has 0 spiro atoms. The van der Waals surface area contributed by atoms with Crippen LogP contribution in [0.15, 0.2) is 59.1 Å². The lowest BCUT2D eigenvalue weighted by molar-refractivity contribution is -0.114. The summed E-state index contributed by atoms with van der Waals surface area (Å²) in [7, 11) is 0. The Hall–Kier alpha value is -2.40. The van der Waals surface area contributed by atoms with Crippen molar-refractivity contribution < 1.29 is 4.79 Å². The molecule has 3 aromatic rings. The first-order chi connectivity index (χ1) is 11.0. The lowest BCUT2D eigenvalue weighted by Gasteiger charge is -2.09. The normalized spacial score (nSPS) is 10.6. The van der Waals surface area contributed by atoms with Gasteiger partial charge in [0.25, 0.3) is 0 Å². The molecule has 0 atom stereocenters. The van der Waals surface area contributed by atoms with Crippen molar-refractivity contribution >= 4 is 27.5 Å². The summed E-state index contributed by atoms with van der Waals surface area (Å²) in [6.45, 7) is 3.48. The van der Waals surface area contributed by atoms with Crippen LogP contribution in [0.25, 0.3) is 16.9 Å². The zero-order chi connectivity index (χ0) is 16.4. The first-order valence-corrected chi connectivity index (χ1v) is 8.03. The summed E-state index contributed by atoms with van der Waals surface area (Å²) in [6, 6.07) is 17.8. The van der Waals surface area contributed by atoms with Gasteiger partial charge in [-0.1, -0.05) is 28.1 Å². The molecule has 0 radical (unpaired) electrons. The van der Waals surface area contributed by atoms with E-state index in [1.165, 1.54) is 6.92 Å². The van der Waals surface area contributed by atoms with E-state index in [2.05, 4.69) is 32.4 Å². The number of halogens is 1. The van der Waals surface area contributed by atoms with Crippen LogP contribution in [0.3, 0.4) is 0 Å². The van der Waals surface area contributed by atoms with Crippen molar-refractivity contribution in [3.05, 3.63) is 64.8 Å². The van der Waals surface area contributed by atoms with Crippen LogP contribution in [-0.4, -0.2) is 15.7 Å². The van der Waals surface area contributed by atoms with Crippen molar-refractivity contribution in [2.75, 3.05) is 5.32 Å². The molecule has 1 aromatic heterocycles. The summed E-state index contributed by atoms with van der Waals surface area (Å²) >= 11 is 3.45. The van der Waals surface area contributed by atoms with Crippen molar-refractivity contribution in [3.8, 4) is 16.9 Å². The highest BCUT2D eigenvalue weighted by atomic mass is 79.9. The molecular formula is C18H16BrN3O. The minimum absolute atomic E-state index is 0.0755. The molecule has 5 heteroatoms. The molecule has 23 heavy (non-hydrogen) atoms. The molecule has 0 bridgehead atoms. The van der Waals surface area contributed by atoms with E-state index in [-0.39, 0.29) is 5.91 Å². The third kappa shape index (κ3) is 3.51. The van der Waals surface area contributed by atoms with E-state index >= 15 is 0 Å². The average molecular weight is 370 g/mol. The minimum atomic E-state index is -0.0755. The molecule has 0 aliphatic heterocycles. The van der Waals surface area contributed by atoms with Crippen LogP contribution in [-0.2, 0) is 4.79 Å². The number of amides is 1. The van der Waals surface area contributed by atoms with Crippen molar-refractivity contribution in [1.82, 2.24) is 9.78 Å². The maximum atomic E-state index is 11.1. The number of hydrogen-bond acceptors (Lipinski definition) is 2. The number of nitrogens with zero attached hydrogens (tertiary/aromatic N) is 2. The minimum Gasteiger partial charge on any atom is -0.326 e. The molecule has 0 aliphatic carbocycles. The quantitative estimate of drug-likeness (QED) is 0.734.